The number of hydrogen-bond acceptors (Lipinski definition) is 3. The molecule has 86 valence electrons. The monoisotopic (exact) mass is 283 g/mol. The van der Waals surface area contributed by atoms with Gasteiger partial charge in [-0.25, -0.2) is 4.79 Å². The zero-order valence-electron chi connectivity index (χ0n) is 9.24. The van der Waals surface area contributed by atoms with Gasteiger partial charge in [-0.3, -0.25) is 0 Å². The van der Waals surface area contributed by atoms with Gasteiger partial charge in [-0.1, -0.05) is 34.1 Å². The van der Waals surface area contributed by atoms with Crippen molar-refractivity contribution >= 4 is 21.9 Å². The highest BCUT2D eigenvalue weighted by Crippen LogP contribution is 2.22. The molecular formula is C12H14BrNO2. The predicted octanol–water partition coefficient (Wildman–Crippen LogP) is 2.79. The van der Waals surface area contributed by atoms with Crippen LogP contribution in [0.4, 0.5) is 0 Å². The van der Waals surface area contributed by atoms with Crippen molar-refractivity contribution in [3.8, 4) is 0 Å². The molecule has 0 radical (unpaired) electrons. The summed E-state index contributed by atoms with van der Waals surface area (Å²) in [6.45, 7) is 2.02. The third-order valence-corrected chi connectivity index (χ3v) is 2.86. The van der Waals surface area contributed by atoms with E-state index in [1.807, 2.05) is 31.2 Å². The van der Waals surface area contributed by atoms with Crippen LogP contribution in [0.3, 0.4) is 0 Å². The molecule has 0 amide bonds. The highest BCUT2D eigenvalue weighted by atomic mass is 79.9. The van der Waals surface area contributed by atoms with Gasteiger partial charge in [-0.2, -0.15) is 0 Å². The van der Waals surface area contributed by atoms with Gasteiger partial charge >= 0.3 is 5.97 Å². The van der Waals surface area contributed by atoms with Crippen LogP contribution >= 0.6 is 15.9 Å². The van der Waals surface area contributed by atoms with Gasteiger partial charge in [-0.05, 0) is 18.6 Å². The lowest BCUT2D eigenvalue weighted by molar-refractivity contribution is -0.134. The third-order valence-electron chi connectivity index (χ3n) is 2.14. The van der Waals surface area contributed by atoms with Gasteiger partial charge in [0.05, 0.1) is 7.11 Å². The smallest absolute Gasteiger partial charge is 0.331 e. The van der Waals surface area contributed by atoms with Gasteiger partial charge in [0.1, 0.15) is 0 Å². The Morgan fingerprint density at radius 3 is 2.81 bits per heavy atom. The van der Waals surface area contributed by atoms with Crippen LogP contribution < -0.4 is 5.32 Å². The van der Waals surface area contributed by atoms with E-state index in [1.54, 1.807) is 6.20 Å². The Labute approximate surface area is 104 Å². The topological polar surface area (TPSA) is 38.3 Å². The van der Waals surface area contributed by atoms with E-state index in [1.165, 1.54) is 13.2 Å². The van der Waals surface area contributed by atoms with E-state index in [-0.39, 0.29) is 12.0 Å². The van der Waals surface area contributed by atoms with E-state index in [2.05, 4.69) is 26.0 Å². The molecule has 0 aliphatic heterocycles. The number of benzene rings is 1. The summed E-state index contributed by atoms with van der Waals surface area (Å²) in [6, 6.07) is 8.06. The minimum Gasteiger partial charge on any atom is -0.466 e. The molecule has 0 saturated carbocycles. The number of rotatable bonds is 4. The first-order chi connectivity index (χ1) is 7.65. The molecular weight excluding hydrogens is 270 g/mol. The van der Waals surface area contributed by atoms with E-state index in [4.69, 9.17) is 0 Å². The highest BCUT2D eigenvalue weighted by Gasteiger charge is 2.05. The standard InChI is InChI=1S/C12H14BrNO2/c1-9(14-8-7-12(15)16-2)10-5-3-4-6-11(10)13/h3-9,14H,1-2H3/b8-7+/t9-/m0/s1. The van der Waals surface area contributed by atoms with Gasteiger partial charge in [-0.15, -0.1) is 0 Å². The second-order valence-corrected chi connectivity index (χ2v) is 4.12. The van der Waals surface area contributed by atoms with E-state index < -0.39 is 0 Å². The van der Waals surface area contributed by atoms with E-state index >= 15 is 0 Å². The number of hydrogen-bond donors (Lipinski definition) is 1. The summed E-state index contributed by atoms with van der Waals surface area (Å²) in [5, 5.41) is 3.09. The van der Waals surface area contributed by atoms with Crippen molar-refractivity contribution in [1.82, 2.24) is 5.32 Å². The van der Waals surface area contributed by atoms with Crippen LogP contribution in [-0.4, -0.2) is 13.1 Å². The van der Waals surface area contributed by atoms with Crippen LogP contribution in [0.25, 0.3) is 0 Å². The maximum absolute atomic E-state index is 10.8. The van der Waals surface area contributed by atoms with Crippen LogP contribution in [0.1, 0.15) is 18.5 Å². The summed E-state index contributed by atoms with van der Waals surface area (Å²) in [6.07, 6.45) is 2.95. The van der Waals surface area contributed by atoms with Gasteiger partial charge in [0, 0.05) is 22.8 Å². The summed E-state index contributed by atoms with van der Waals surface area (Å²) >= 11 is 3.48. The van der Waals surface area contributed by atoms with Gasteiger partial charge in [0.25, 0.3) is 0 Å². The van der Waals surface area contributed by atoms with Crippen LogP contribution in [0, 0.1) is 0 Å². The van der Waals surface area contributed by atoms with Gasteiger partial charge in [0.15, 0.2) is 0 Å². The van der Waals surface area contributed by atoms with Gasteiger partial charge < -0.3 is 10.1 Å². The van der Waals surface area contributed by atoms with Gasteiger partial charge in [0.2, 0.25) is 0 Å². The van der Waals surface area contributed by atoms with Crippen LogP contribution in [0.15, 0.2) is 41.0 Å². The molecule has 0 aliphatic carbocycles. The molecule has 4 heteroatoms. The van der Waals surface area contributed by atoms with Crippen LogP contribution in [0.5, 0.6) is 0 Å². The number of methoxy groups -OCH3 is 1. The van der Waals surface area contributed by atoms with Crippen molar-refractivity contribution in [2.24, 2.45) is 0 Å². The first kappa shape index (κ1) is 12.8. The number of carbonyl (C=O) groups is 1. The lowest BCUT2D eigenvalue weighted by atomic mass is 10.1. The Morgan fingerprint density at radius 2 is 2.19 bits per heavy atom. The first-order valence-electron chi connectivity index (χ1n) is 4.90. The fraction of sp³-hybridized carbons (Fsp3) is 0.250. The van der Waals surface area contributed by atoms with Crippen molar-refractivity contribution in [2.75, 3.05) is 7.11 Å². The zero-order chi connectivity index (χ0) is 12.0. The molecule has 1 aromatic rings. The normalized spacial score (nSPS) is 12.4. The predicted molar refractivity (Wildman–Crippen MR) is 66.8 cm³/mol. The molecule has 0 spiro atoms. The molecule has 0 bridgehead atoms. The largest absolute Gasteiger partial charge is 0.466 e. The van der Waals surface area contributed by atoms with E-state index in [0.29, 0.717) is 0 Å². The summed E-state index contributed by atoms with van der Waals surface area (Å²) in [4.78, 5) is 10.8. The fourth-order valence-corrected chi connectivity index (χ4v) is 1.87. The maximum Gasteiger partial charge on any atom is 0.331 e. The Balaban J connectivity index is 2.60. The second-order valence-electron chi connectivity index (χ2n) is 3.27. The highest BCUT2D eigenvalue weighted by molar-refractivity contribution is 9.10. The number of nitrogens with one attached hydrogen (secondary N) is 1. The summed E-state index contributed by atoms with van der Waals surface area (Å²) in [7, 11) is 1.35. The van der Waals surface area contributed by atoms with Crippen LogP contribution in [0.2, 0.25) is 0 Å². The molecule has 0 aliphatic rings. The average molecular weight is 284 g/mol. The molecule has 1 aromatic carbocycles. The number of ether oxygens (including phenoxy) is 1. The lowest BCUT2D eigenvalue weighted by Crippen LogP contribution is -2.12. The number of halogens is 1. The fourth-order valence-electron chi connectivity index (χ4n) is 1.24. The molecule has 0 saturated heterocycles. The Morgan fingerprint density at radius 1 is 1.50 bits per heavy atom. The molecule has 1 N–H and O–H groups in total. The zero-order valence-corrected chi connectivity index (χ0v) is 10.8. The van der Waals surface area contributed by atoms with Crippen molar-refractivity contribution in [2.45, 2.75) is 13.0 Å². The quantitative estimate of drug-likeness (QED) is 0.682. The first-order valence-corrected chi connectivity index (χ1v) is 5.69. The molecule has 3 nitrogen and oxygen atoms in total. The molecule has 0 unspecified atom stereocenters. The molecule has 1 rings (SSSR count). The number of carbonyl (C=O) groups excluding carboxylic acids is 1. The second kappa shape index (κ2) is 6.33. The minimum atomic E-state index is -0.369. The SMILES string of the molecule is COC(=O)/C=C/N[C@@H](C)c1ccccc1Br. The summed E-state index contributed by atoms with van der Waals surface area (Å²) in [5.41, 5.74) is 1.14. The number of esters is 1. The minimum absolute atomic E-state index is 0.122. The molecule has 0 aromatic heterocycles. The Kier molecular flexibility index (Phi) is 5.05. The maximum atomic E-state index is 10.8. The van der Waals surface area contributed by atoms with Crippen molar-refractivity contribution in [3.05, 3.63) is 46.6 Å². The van der Waals surface area contributed by atoms with Crippen molar-refractivity contribution < 1.29 is 9.53 Å². The Bertz CT molecular complexity index is 390. The molecule has 0 fully saturated rings. The molecule has 0 heterocycles. The summed E-state index contributed by atoms with van der Waals surface area (Å²) < 4.78 is 5.53. The van der Waals surface area contributed by atoms with E-state index in [0.717, 1.165) is 10.0 Å². The average Bonchev–Trinajstić information content (AvgIpc) is 2.29. The Hall–Kier alpha value is -1.29. The van der Waals surface area contributed by atoms with Crippen LogP contribution in [-0.2, 0) is 9.53 Å². The lowest BCUT2D eigenvalue weighted by Gasteiger charge is -2.13. The third kappa shape index (κ3) is 3.70. The molecule has 1 atom stereocenters. The van der Waals surface area contributed by atoms with Crippen molar-refractivity contribution in [1.29, 1.82) is 0 Å². The summed E-state index contributed by atoms with van der Waals surface area (Å²) in [5.74, 6) is -0.369. The van der Waals surface area contributed by atoms with E-state index in [9.17, 15) is 4.79 Å². The van der Waals surface area contributed by atoms with Crippen molar-refractivity contribution in [3.63, 3.8) is 0 Å². The molecule has 16 heavy (non-hydrogen) atoms.